The molecule has 0 aliphatic carbocycles. The molecule has 6 nitrogen and oxygen atoms in total. The van der Waals surface area contributed by atoms with Gasteiger partial charge in [0.15, 0.2) is 0 Å². The van der Waals surface area contributed by atoms with E-state index in [0.29, 0.717) is 0 Å². The molecule has 0 radical (unpaired) electrons. The molecule has 0 saturated heterocycles. The number of hydrogen-bond donors (Lipinski definition) is 3. The Morgan fingerprint density at radius 3 is 1.00 bits per heavy atom. The molecule has 1 aromatic rings. The Morgan fingerprint density at radius 1 is 0.688 bits per heavy atom. The van der Waals surface area contributed by atoms with Crippen LogP contribution < -0.4 is 0 Å². The molecule has 16 heavy (non-hydrogen) atoms. The van der Waals surface area contributed by atoms with Crippen LogP contribution in [0.5, 0.6) is 0 Å². The Bertz CT molecular complexity index is 374. The van der Waals surface area contributed by atoms with Crippen LogP contribution in [0.2, 0.25) is 0 Å². The van der Waals surface area contributed by atoms with Crippen molar-refractivity contribution in [3.63, 3.8) is 0 Å². The van der Waals surface area contributed by atoms with Gasteiger partial charge >= 0.3 is 17.9 Å². The quantitative estimate of drug-likeness (QED) is 0.734. The maximum Gasteiger partial charge on any atom is 0.335 e. The van der Waals surface area contributed by atoms with Gasteiger partial charge in [0.1, 0.15) is 0 Å². The van der Waals surface area contributed by atoms with E-state index in [1.165, 1.54) is 0 Å². The van der Waals surface area contributed by atoms with Crippen molar-refractivity contribution in [2.45, 2.75) is 0 Å². The summed E-state index contributed by atoms with van der Waals surface area (Å²) >= 11 is 0. The molecular weight excluding hydrogens is 354 g/mol. The first-order chi connectivity index (χ1) is 6.91. The summed E-state index contributed by atoms with van der Waals surface area (Å²) in [5.74, 6) is -4.12. The van der Waals surface area contributed by atoms with E-state index in [9.17, 15) is 14.4 Å². The first-order valence-corrected chi connectivity index (χ1v) is 3.77. The van der Waals surface area contributed by atoms with E-state index in [2.05, 4.69) is 0 Å². The van der Waals surface area contributed by atoms with Crippen molar-refractivity contribution in [3.8, 4) is 0 Å². The summed E-state index contributed by atoms with van der Waals surface area (Å²) in [6.07, 6.45) is 0. The van der Waals surface area contributed by atoms with Gasteiger partial charge in [0.05, 0.1) is 16.7 Å². The number of hydrogen-bond acceptors (Lipinski definition) is 3. The van der Waals surface area contributed by atoms with Crippen LogP contribution in [0, 0.1) is 40.4 Å². The van der Waals surface area contributed by atoms with Crippen LogP contribution in [0.15, 0.2) is 18.2 Å². The SMILES string of the molecule is O=C(O)c1cc(C(=O)O)cc(C(=O)O)c1.[Sm]. The van der Waals surface area contributed by atoms with E-state index < -0.39 is 17.9 Å². The molecule has 1 aromatic carbocycles. The summed E-state index contributed by atoms with van der Waals surface area (Å²) in [7, 11) is 0. The van der Waals surface area contributed by atoms with Gasteiger partial charge < -0.3 is 15.3 Å². The minimum absolute atomic E-state index is 0. The van der Waals surface area contributed by atoms with Gasteiger partial charge in [-0.15, -0.1) is 0 Å². The third-order valence-electron chi connectivity index (χ3n) is 1.67. The van der Waals surface area contributed by atoms with E-state index in [0.717, 1.165) is 18.2 Å². The van der Waals surface area contributed by atoms with Gasteiger partial charge in [0.25, 0.3) is 0 Å². The Kier molecular flexibility index (Phi) is 5.51. The Labute approximate surface area is 122 Å². The zero-order chi connectivity index (χ0) is 11.6. The molecule has 84 valence electrons. The van der Waals surface area contributed by atoms with Crippen LogP contribution in [0.25, 0.3) is 0 Å². The number of benzene rings is 1. The topological polar surface area (TPSA) is 112 Å². The van der Waals surface area contributed by atoms with E-state index in [4.69, 9.17) is 15.3 Å². The molecule has 0 aliphatic heterocycles. The molecule has 0 atom stereocenters. The second-order valence-corrected chi connectivity index (χ2v) is 2.71. The minimum Gasteiger partial charge on any atom is -0.478 e. The van der Waals surface area contributed by atoms with Crippen LogP contribution >= 0.6 is 0 Å². The summed E-state index contributed by atoms with van der Waals surface area (Å²) < 4.78 is 0. The molecule has 3 N–H and O–H groups in total. The number of carboxylic acid groups (broad SMARTS) is 3. The number of rotatable bonds is 3. The van der Waals surface area contributed by atoms with E-state index in [-0.39, 0.29) is 57.1 Å². The Morgan fingerprint density at radius 2 is 0.875 bits per heavy atom. The molecule has 0 bridgehead atoms. The van der Waals surface area contributed by atoms with Gasteiger partial charge in [-0.2, -0.15) is 0 Å². The van der Waals surface area contributed by atoms with Crippen molar-refractivity contribution >= 4 is 17.9 Å². The van der Waals surface area contributed by atoms with Crippen LogP contribution in [0.3, 0.4) is 0 Å². The normalized spacial score (nSPS) is 9.00. The van der Waals surface area contributed by atoms with Gasteiger partial charge in [0.2, 0.25) is 0 Å². The third-order valence-corrected chi connectivity index (χ3v) is 1.67. The van der Waals surface area contributed by atoms with Crippen molar-refractivity contribution in [2.24, 2.45) is 0 Å². The fourth-order valence-corrected chi connectivity index (χ4v) is 0.998. The van der Waals surface area contributed by atoms with Crippen molar-refractivity contribution in [1.29, 1.82) is 0 Å². The average molecular weight is 361 g/mol. The average Bonchev–Trinajstić information content (AvgIpc) is 2.16. The molecule has 7 heteroatoms. The Balaban J connectivity index is 0.00000225. The summed E-state index contributed by atoms with van der Waals surface area (Å²) in [5.41, 5.74) is -1.10. The zero-order valence-electron chi connectivity index (χ0n) is 7.71. The van der Waals surface area contributed by atoms with Crippen molar-refractivity contribution < 1.29 is 70.1 Å². The summed E-state index contributed by atoms with van der Waals surface area (Å²) in [6.45, 7) is 0. The zero-order valence-corrected chi connectivity index (χ0v) is 10.3. The van der Waals surface area contributed by atoms with Crippen LogP contribution in [0.4, 0.5) is 0 Å². The summed E-state index contributed by atoms with van der Waals surface area (Å²) in [4.78, 5) is 31.7. The largest absolute Gasteiger partial charge is 0.478 e. The number of carboxylic acids is 3. The molecule has 0 amide bonds. The first kappa shape index (κ1) is 15.0. The van der Waals surface area contributed by atoms with Crippen LogP contribution in [0.1, 0.15) is 31.1 Å². The predicted molar refractivity (Wildman–Crippen MR) is 47.3 cm³/mol. The molecule has 0 aliphatic rings. The fraction of sp³-hybridized carbons (Fsp3) is 0. The van der Waals surface area contributed by atoms with Crippen LogP contribution in [-0.4, -0.2) is 33.2 Å². The molecule has 0 spiro atoms. The number of carbonyl (C=O) groups is 3. The molecule has 0 heterocycles. The summed E-state index contributed by atoms with van der Waals surface area (Å²) in [6, 6.07) is 2.70. The standard InChI is InChI=1S/C9H6O6.Sm/c10-7(11)4-1-5(8(12)13)3-6(2-4)9(14)15;/h1-3H,(H,10,11)(H,12,13)(H,14,15);. The monoisotopic (exact) mass is 362 g/mol. The second-order valence-electron chi connectivity index (χ2n) is 2.71. The first-order valence-electron chi connectivity index (χ1n) is 3.77. The van der Waals surface area contributed by atoms with Gasteiger partial charge in [-0.3, -0.25) is 0 Å². The predicted octanol–water partition coefficient (Wildman–Crippen LogP) is 0.781. The van der Waals surface area contributed by atoms with Crippen molar-refractivity contribution in [3.05, 3.63) is 34.9 Å². The van der Waals surface area contributed by atoms with Gasteiger partial charge in [-0.25, -0.2) is 14.4 Å². The minimum atomic E-state index is -1.37. The summed E-state index contributed by atoms with van der Waals surface area (Å²) in [5, 5.41) is 25.8. The van der Waals surface area contributed by atoms with E-state index >= 15 is 0 Å². The molecule has 0 aromatic heterocycles. The Hall–Kier alpha value is -1.03. The van der Waals surface area contributed by atoms with Gasteiger partial charge in [-0.1, -0.05) is 0 Å². The molecular formula is C9H6O6Sm. The molecule has 0 unspecified atom stereocenters. The van der Waals surface area contributed by atoms with Gasteiger partial charge in [0, 0.05) is 40.4 Å². The second kappa shape index (κ2) is 5.89. The maximum absolute atomic E-state index is 10.6. The van der Waals surface area contributed by atoms with Gasteiger partial charge in [-0.05, 0) is 18.2 Å². The van der Waals surface area contributed by atoms with Crippen molar-refractivity contribution in [2.75, 3.05) is 0 Å². The molecule has 1 rings (SSSR count). The third kappa shape index (κ3) is 3.52. The smallest absolute Gasteiger partial charge is 0.335 e. The number of aromatic carboxylic acids is 3. The molecule has 0 fully saturated rings. The fourth-order valence-electron chi connectivity index (χ4n) is 0.998. The molecule has 0 saturated carbocycles. The maximum atomic E-state index is 10.6. The van der Waals surface area contributed by atoms with Crippen LogP contribution in [-0.2, 0) is 0 Å². The van der Waals surface area contributed by atoms with E-state index in [1.54, 1.807) is 0 Å². The van der Waals surface area contributed by atoms with Crippen molar-refractivity contribution in [1.82, 2.24) is 0 Å². The van der Waals surface area contributed by atoms with E-state index in [1.807, 2.05) is 0 Å².